The van der Waals surface area contributed by atoms with Crippen LogP contribution < -0.4 is 4.72 Å². The molecule has 7 heteroatoms. The molecule has 0 fully saturated rings. The van der Waals surface area contributed by atoms with E-state index in [1.54, 1.807) is 12.1 Å². The number of esters is 1. The van der Waals surface area contributed by atoms with Crippen LogP contribution in [0, 0.1) is 18.8 Å². The van der Waals surface area contributed by atoms with Crippen LogP contribution in [-0.2, 0) is 32.6 Å². The van der Waals surface area contributed by atoms with Crippen molar-refractivity contribution in [1.29, 1.82) is 0 Å². The number of carbonyl (C=O) groups is 1. The van der Waals surface area contributed by atoms with Gasteiger partial charge in [0, 0.05) is 19.5 Å². The third-order valence-electron chi connectivity index (χ3n) is 5.35. The number of nitrogens with one attached hydrogen (secondary N) is 1. The highest BCUT2D eigenvalue weighted by Gasteiger charge is 2.25. The summed E-state index contributed by atoms with van der Waals surface area (Å²) in [6.45, 7) is 3.76. The molecule has 182 valence electrons. The van der Waals surface area contributed by atoms with Crippen molar-refractivity contribution in [3.63, 3.8) is 0 Å². The molecule has 3 aromatic carbocycles. The molecule has 35 heavy (non-hydrogen) atoms. The number of nitrogens with zero attached hydrogens (tertiary/aromatic N) is 1. The van der Waals surface area contributed by atoms with Gasteiger partial charge in [0.1, 0.15) is 6.04 Å². The van der Waals surface area contributed by atoms with E-state index in [9.17, 15) is 13.2 Å². The van der Waals surface area contributed by atoms with Gasteiger partial charge in [0.25, 0.3) is 0 Å². The molecular formula is C28H30N2O4S. The fraction of sp³-hybridized carbons (Fsp3) is 0.250. The highest BCUT2D eigenvalue weighted by molar-refractivity contribution is 7.89. The Labute approximate surface area is 208 Å². The van der Waals surface area contributed by atoms with E-state index in [0.717, 1.165) is 5.56 Å². The largest absolute Gasteiger partial charge is 0.468 e. The zero-order valence-corrected chi connectivity index (χ0v) is 20.8. The van der Waals surface area contributed by atoms with Gasteiger partial charge in [-0.05, 0) is 30.2 Å². The standard InChI is InChI=1S/C28H30N2O4S/c1-23-16-18-26(19-17-23)35(32,33)29-27(28(31)34-2)15-9-10-20-30(21-24-11-5-3-6-12-24)22-25-13-7-4-8-14-25/h3-8,11-14,16-19,27,29H,15,20-22H2,1-2H3/t27-/m1/s1. The van der Waals surface area contributed by atoms with E-state index in [-0.39, 0.29) is 11.3 Å². The first-order valence-electron chi connectivity index (χ1n) is 11.3. The molecule has 0 aliphatic rings. The highest BCUT2D eigenvalue weighted by atomic mass is 32.2. The molecule has 0 unspecified atom stereocenters. The van der Waals surface area contributed by atoms with Crippen LogP contribution in [-0.4, -0.2) is 39.0 Å². The summed E-state index contributed by atoms with van der Waals surface area (Å²) in [5.74, 6) is 5.39. The average Bonchev–Trinajstić information content (AvgIpc) is 2.86. The molecule has 1 N–H and O–H groups in total. The molecule has 3 rings (SSSR count). The van der Waals surface area contributed by atoms with Crippen LogP contribution in [0.1, 0.15) is 23.1 Å². The number of carbonyl (C=O) groups excluding carboxylic acids is 1. The van der Waals surface area contributed by atoms with Crippen molar-refractivity contribution in [3.05, 3.63) is 102 Å². The number of hydrogen-bond donors (Lipinski definition) is 1. The Morgan fingerprint density at radius 2 is 1.43 bits per heavy atom. The number of rotatable bonds is 10. The lowest BCUT2D eigenvalue weighted by atomic mass is 10.1. The minimum Gasteiger partial charge on any atom is -0.468 e. The maximum Gasteiger partial charge on any atom is 0.324 e. The summed E-state index contributed by atoms with van der Waals surface area (Å²) < 4.78 is 32.7. The van der Waals surface area contributed by atoms with Gasteiger partial charge in [0.05, 0.1) is 18.6 Å². The molecule has 0 aliphatic carbocycles. The number of methoxy groups -OCH3 is 1. The lowest BCUT2D eigenvalue weighted by Crippen LogP contribution is -2.41. The van der Waals surface area contributed by atoms with E-state index in [1.807, 2.05) is 43.3 Å². The zero-order chi connectivity index (χ0) is 25.1. The van der Waals surface area contributed by atoms with Crippen molar-refractivity contribution in [2.45, 2.75) is 37.4 Å². The van der Waals surface area contributed by atoms with Crippen molar-refractivity contribution in [2.75, 3.05) is 13.7 Å². The molecule has 0 amide bonds. The van der Waals surface area contributed by atoms with E-state index in [0.29, 0.717) is 19.6 Å². The summed E-state index contributed by atoms with van der Waals surface area (Å²) in [4.78, 5) is 14.5. The highest BCUT2D eigenvalue weighted by Crippen LogP contribution is 2.12. The second-order valence-electron chi connectivity index (χ2n) is 8.18. The van der Waals surface area contributed by atoms with Crippen LogP contribution in [0.25, 0.3) is 0 Å². The maximum absolute atomic E-state index is 12.7. The van der Waals surface area contributed by atoms with Gasteiger partial charge < -0.3 is 4.74 Å². The Balaban J connectivity index is 1.69. The Kier molecular flexibility index (Phi) is 9.62. The van der Waals surface area contributed by atoms with Crippen molar-refractivity contribution < 1.29 is 17.9 Å². The summed E-state index contributed by atoms with van der Waals surface area (Å²) in [5.41, 5.74) is 3.28. The first-order chi connectivity index (χ1) is 16.9. The third kappa shape index (κ3) is 8.37. The first kappa shape index (κ1) is 26.2. The molecule has 0 radical (unpaired) electrons. The molecule has 0 saturated heterocycles. The zero-order valence-electron chi connectivity index (χ0n) is 20.0. The number of hydrogen-bond acceptors (Lipinski definition) is 5. The van der Waals surface area contributed by atoms with Gasteiger partial charge >= 0.3 is 5.97 Å². The minimum absolute atomic E-state index is 0.00226. The quantitative estimate of drug-likeness (QED) is 0.345. The number of ether oxygens (including phenoxy) is 1. The predicted molar refractivity (Wildman–Crippen MR) is 137 cm³/mol. The van der Waals surface area contributed by atoms with Crippen LogP contribution in [0.3, 0.4) is 0 Å². The van der Waals surface area contributed by atoms with Crippen molar-refractivity contribution >= 4 is 16.0 Å². The molecule has 0 heterocycles. The van der Waals surface area contributed by atoms with Gasteiger partial charge in [-0.1, -0.05) is 90.2 Å². The number of aryl methyl sites for hydroxylation is 1. The Hall–Kier alpha value is -3.44. The van der Waals surface area contributed by atoms with Crippen LogP contribution in [0.5, 0.6) is 0 Å². The van der Waals surface area contributed by atoms with Crippen LogP contribution in [0.2, 0.25) is 0 Å². The van der Waals surface area contributed by atoms with E-state index in [4.69, 9.17) is 4.74 Å². The lowest BCUT2D eigenvalue weighted by molar-refractivity contribution is -0.142. The maximum atomic E-state index is 12.7. The molecule has 6 nitrogen and oxygen atoms in total. The van der Waals surface area contributed by atoms with Gasteiger partial charge in [-0.15, -0.1) is 0 Å². The summed E-state index contributed by atoms with van der Waals surface area (Å²) in [6.07, 6.45) is 0.00226. The van der Waals surface area contributed by atoms with Gasteiger partial charge in [-0.2, -0.15) is 4.72 Å². The van der Waals surface area contributed by atoms with Crippen molar-refractivity contribution in [3.8, 4) is 11.8 Å². The van der Waals surface area contributed by atoms with Gasteiger partial charge in [0.2, 0.25) is 10.0 Å². The van der Waals surface area contributed by atoms with Crippen LogP contribution in [0.15, 0.2) is 89.8 Å². The number of sulfonamides is 1. The molecular weight excluding hydrogens is 460 g/mol. The minimum atomic E-state index is -3.90. The second-order valence-corrected chi connectivity index (χ2v) is 9.90. The fourth-order valence-corrected chi connectivity index (χ4v) is 4.67. The fourth-order valence-electron chi connectivity index (χ4n) is 3.48. The Morgan fingerprint density at radius 3 is 1.94 bits per heavy atom. The SMILES string of the molecule is COC(=O)[C@@H](CC#CCN(Cc1ccccc1)Cc1ccccc1)NS(=O)(=O)c1ccc(C)cc1. The molecule has 0 aromatic heterocycles. The van der Waals surface area contributed by atoms with E-state index < -0.39 is 22.0 Å². The lowest BCUT2D eigenvalue weighted by Gasteiger charge is -2.20. The van der Waals surface area contributed by atoms with Crippen molar-refractivity contribution in [1.82, 2.24) is 9.62 Å². The monoisotopic (exact) mass is 490 g/mol. The van der Waals surface area contributed by atoms with Crippen molar-refractivity contribution in [2.24, 2.45) is 0 Å². The molecule has 0 bridgehead atoms. The van der Waals surface area contributed by atoms with Crippen LogP contribution in [0.4, 0.5) is 0 Å². The molecule has 0 aliphatic heterocycles. The summed E-state index contributed by atoms with van der Waals surface area (Å²) in [5, 5.41) is 0. The molecule has 0 saturated carbocycles. The third-order valence-corrected chi connectivity index (χ3v) is 6.83. The smallest absolute Gasteiger partial charge is 0.324 e. The summed E-state index contributed by atoms with van der Waals surface area (Å²) in [7, 11) is -2.67. The van der Waals surface area contributed by atoms with Gasteiger partial charge in [-0.25, -0.2) is 8.42 Å². The second kappa shape index (κ2) is 12.9. The molecule has 0 spiro atoms. The summed E-state index contributed by atoms with van der Waals surface area (Å²) >= 11 is 0. The van der Waals surface area contributed by atoms with E-state index in [1.165, 1.54) is 30.4 Å². The number of benzene rings is 3. The van der Waals surface area contributed by atoms with E-state index >= 15 is 0 Å². The average molecular weight is 491 g/mol. The van der Waals surface area contributed by atoms with Gasteiger partial charge in [0.15, 0.2) is 0 Å². The topological polar surface area (TPSA) is 75.7 Å². The Morgan fingerprint density at radius 1 is 0.886 bits per heavy atom. The van der Waals surface area contributed by atoms with Gasteiger partial charge in [-0.3, -0.25) is 9.69 Å². The molecule has 1 atom stereocenters. The first-order valence-corrected chi connectivity index (χ1v) is 12.8. The Bertz CT molecular complexity index is 1210. The normalized spacial score (nSPS) is 12.0. The predicted octanol–water partition coefficient (Wildman–Crippen LogP) is 3.91. The van der Waals surface area contributed by atoms with Crippen LogP contribution >= 0.6 is 0 Å². The summed E-state index contributed by atoms with van der Waals surface area (Å²) in [6, 6.07) is 25.6. The van der Waals surface area contributed by atoms with E-state index in [2.05, 4.69) is 45.7 Å². The molecule has 3 aromatic rings.